The lowest BCUT2D eigenvalue weighted by Gasteiger charge is -2.24. The average molecular weight is 245 g/mol. The van der Waals surface area contributed by atoms with Crippen molar-refractivity contribution in [1.82, 2.24) is 15.5 Å². The molecule has 0 spiro atoms. The van der Waals surface area contributed by atoms with Gasteiger partial charge < -0.3 is 10.2 Å². The molecule has 94 valence electrons. The van der Waals surface area contributed by atoms with Crippen molar-refractivity contribution in [3.8, 4) is 0 Å². The average Bonchev–Trinajstić information content (AvgIpc) is 2.79. The molecular weight excluding hydrogens is 222 g/mol. The maximum absolute atomic E-state index is 11.8. The number of rotatable bonds is 6. The second-order valence-electron chi connectivity index (χ2n) is 4.17. The Morgan fingerprint density at radius 3 is 2.75 bits per heavy atom. The highest BCUT2D eigenvalue weighted by Gasteiger charge is 2.23. The first-order valence-electron chi connectivity index (χ1n) is 6.01. The number of nitrogens with zero attached hydrogens (tertiary/aromatic N) is 1. The Balaban J connectivity index is 2.26. The van der Waals surface area contributed by atoms with Crippen LogP contribution in [0.3, 0.4) is 0 Å². The van der Waals surface area contributed by atoms with E-state index in [0.29, 0.717) is 0 Å². The van der Waals surface area contributed by atoms with Crippen LogP contribution in [0.4, 0.5) is 0 Å². The van der Waals surface area contributed by atoms with Crippen LogP contribution in [-0.4, -0.2) is 54.2 Å². The molecule has 4 nitrogen and oxygen atoms in total. The molecule has 0 bridgehead atoms. The van der Waals surface area contributed by atoms with Gasteiger partial charge in [0.2, 0.25) is 5.91 Å². The number of nitrogens with one attached hydrogen (secondary N) is 2. The molecule has 2 atom stereocenters. The van der Waals surface area contributed by atoms with E-state index >= 15 is 0 Å². The predicted molar refractivity (Wildman–Crippen MR) is 69.6 cm³/mol. The molecule has 2 N–H and O–H groups in total. The molecular formula is C11H23N3OS. The lowest BCUT2D eigenvalue weighted by Crippen LogP contribution is -2.49. The molecule has 1 aliphatic heterocycles. The van der Waals surface area contributed by atoms with Gasteiger partial charge >= 0.3 is 0 Å². The van der Waals surface area contributed by atoms with Crippen LogP contribution in [0.15, 0.2) is 0 Å². The summed E-state index contributed by atoms with van der Waals surface area (Å²) in [6, 6.07) is 0.226. The van der Waals surface area contributed by atoms with Gasteiger partial charge in [0.05, 0.1) is 6.04 Å². The highest BCUT2D eigenvalue weighted by molar-refractivity contribution is 7.99. The molecule has 1 saturated heterocycles. The third-order valence-electron chi connectivity index (χ3n) is 2.85. The molecule has 2 unspecified atom stereocenters. The van der Waals surface area contributed by atoms with E-state index in [1.54, 1.807) is 11.8 Å². The maximum Gasteiger partial charge on any atom is 0.238 e. The molecule has 5 heteroatoms. The fourth-order valence-corrected chi connectivity index (χ4v) is 2.76. The minimum atomic E-state index is 0.00385. The van der Waals surface area contributed by atoms with Gasteiger partial charge in [-0.15, -0.1) is 11.8 Å². The smallest absolute Gasteiger partial charge is 0.238 e. The summed E-state index contributed by atoms with van der Waals surface area (Å²) in [5.41, 5.74) is 0. The topological polar surface area (TPSA) is 44.4 Å². The zero-order chi connectivity index (χ0) is 12.0. The quantitative estimate of drug-likeness (QED) is 0.715. The number of carbonyl (C=O) groups is 1. The second kappa shape index (κ2) is 7.14. The van der Waals surface area contributed by atoms with Gasteiger partial charge in [-0.1, -0.05) is 13.8 Å². The fraction of sp³-hybridized carbons (Fsp3) is 0.909. The highest BCUT2D eigenvalue weighted by atomic mass is 32.2. The fourth-order valence-electron chi connectivity index (χ4n) is 1.82. The molecule has 1 rings (SSSR count). The minimum Gasteiger partial charge on any atom is -0.351 e. The van der Waals surface area contributed by atoms with E-state index in [9.17, 15) is 4.79 Å². The van der Waals surface area contributed by atoms with Crippen molar-refractivity contribution in [3.63, 3.8) is 0 Å². The molecule has 0 aromatic carbocycles. The summed E-state index contributed by atoms with van der Waals surface area (Å²) in [6.45, 7) is 9.36. The van der Waals surface area contributed by atoms with Gasteiger partial charge in [0.1, 0.15) is 0 Å². The Kier molecular flexibility index (Phi) is 6.16. The molecule has 0 aromatic rings. The maximum atomic E-state index is 11.8. The first kappa shape index (κ1) is 13.8. The first-order valence-corrected chi connectivity index (χ1v) is 7.16. The largest absolute Gasteiger partial charge is 0.351 e. The summed E-state index contributed by atoms with van der Waals surface area (Å²) in [4.78, 5) is 14.1. The van der Waals surface area contributed by atoms with Gasteiger partial charge in [0.15, 0.2) is 0 Å². The number of likely N-dealkylation sites (N-methyl/N-ethyl adjacent to an activating group) is 1. The van der Waals surface area contributed by atoms with Gasteiger partial charge in [-0.05, 0) is 20.0 Å². The summed E-state index contributed by atoms with van der Waals surface area (Å²) in [7, 11) is 0. The molecule has 0 radical (unpaired) electrons. The molecule has 16 heavy (non-hydrogen) atoms. The van der Waals surface area contributed by atoms with Gasteiger partial charge in [-0.3, -0.25) is 10.1 Å². The number of hydrogen-bond donors (Lipinski definition) is 2. The van der Waals surface area contributed by atoms with E-state index in [1.165, 1.54) is 0 Å². The third-order valence-corrected chi connectivity index (χ3v) is 3.79. The minimum absolute atomic E-state index is 0.00385. The molecule has 1 fully saturated rings. The van der Waals surface area contributed by atoms with Gasteiger partial charge in [0, 0.05) is 24.2 Å². The summed E-state index contributed by atoms with van der Waals surface area (Å²) in [6.07, 6.45) is 0. The normalized spacial score (nSPS) is 22.4. The zero-order valence-corrected chi connectivity index (χ0v) is 11.3. The van der Waals surface area contributed by atoms with Crippen LogP contribution in [0.1, 0.15) is 20.8 Å². The van der Waals surface area contributed by atoms with Crippen LogP contribution >= 0.6 is 11.8 Å². The zero-order valence-electron chi connectivity index (χ0n) is 10.5. The van der Waals surface area contributed by atoms with Gasteiger partial charge in [-0.25, -0.2) is 0 Å². The van der Waals surface area contributed by atoms with E-state index in [1.807, 2.05) is 0 Å². The Morgan fingerprint density at radius 1 is 1.56 bits per heavy atom. The number of hydrogen-bond acceptors (Lipinski definition) is 4. The number of amides is 1. The Hall–Kier alpha value is -0.260. The Labute approximate surface area is 103 Å². The summed E-state index contributed by atoms with van der Waals surface area (Å²) in [5, 5.41) is 6.24. The third kappa shape index (κ3) is 4.31. The molecule has 0 saturated carbocycles. The standard InChI is InChI=1S/C11H23N3OS/c1-4-14(5-2)6-9(3)13-11(15)10-7-16-8-12-10/h9-10,12H,4-8H2,1-3H3,(H,13,15). The van der Waals surface area contributed by atoms with Crippen molar-refractivity contribution in [2.45, 2.75) is 32.9 Å². The second-order valence-corrected chi connectivity index (χ2v) is 5.20. The molecule has 1 aliphatic rings. The van der Waals surface area contributed by atoms with Crippen molar-refractivity contribution in [2.75, 3.05) is 31.3 Å². The number of thioether (sulfide) groups is 1. The van der Waals surface area contributed by atoms with Crippen LogP contribution < -0.4 is 10.6 Å². The van der Waals surface area contributed by atoms with E-state index in [0.717, 1.165) is 31.3 Å². The summed E-state index contributed by atoms with van der Waals surface area (Å²) >= 11 is 1.78. The SMILES string of the molecule is CCN(CC)CC(C)NC(=O)C1CSCN1. The van der Waals surface area contributed by atoms with Crippen LogP contribution in [0.5, 0.6) is 0 Å². The molecule has 1 heterocycles. The van der Waals surface area contributed by atoms with Crippen LogP contribution in [-0.2, 0) is 4.79 Å². The summed E-state index contributed by atoms with van der Waals surface area (Å²) < 4.78 is 0. The molecule has 0 aliphatic carbocycles. The van der Waals surface area contributed by atoms with Crippen LogP contribution in [0.2, 0.25) is 0 Å². The van der Waals surface area contributed by atoms with Crippen molar-refractivity contribution >= 4 is 17.7 Å². The Morgan fingerprint density at radius 2 is 2.25 bits per heavy atom. The van der Waals surface area contributed by atoms with Crippen molar-refractivity contribution in [1.29, 1.82) is 0 Å². The van der Waals surface area contributed by atoms with E-state index in [2.05, 4.69) is 36.3 Å². The lowest BCUT2D eigenvalue weighted by atomic mass is 10.2. The van der Waals surface area contributed by atoms with E-state index in [-0.39, 0.29) is 18.0 Å². The first-order chi connectivity index (χ1) is 7.67. The Bertz CT molecular complexity index is 215. The van der Waals surface area contributed by atoms with Crippen molar-refractivity contribution < 1.29 is 4.79 Å². The van der Waals surface area contributed by atoms with Gasteiger partial charge in [0.25, 0.3) is 0 Å². The lowest BCUT2D eigenvalue weighted by molar-refractivity contribution is -0.123. The number of carbonyl (C=O) groups excluding carboxylic acids is 1. The van der Waals surface area contributed by atoms with Crippen molar-refractivity contribution in [2.24, 2.45) is 0 Å². The van der Waals surface area contributed by atoms with E-state index in [4.69, 9.17) is 0 Å². The molecule has 0 aromatic heterocycles. The predicted octanol–water partition coefficient (Wildman–Crippen LogP) is 0.495. The van der Waals surface area contributed by atoms with Crippen LogP contribution in [0.25, 0.3) is 0 Å². The van der Waals surface area contributed by atoms with Crippen molar-refractivity contribution in [3.05, 3.63) is 0 Å². The highest BCUT2D eigenvalue weighted by Crippen LogP contribution is 2.09. The summed E-state index contributed by atoms with van der Waals surface area (Å²) in [5.74, 6) is 1.93. The molecule has 1 amide bonds. The van der Waals surface area contributed by atoms with Crippen LogP contribution in [0, 0.1) is 0 Å². The van der Waals surface area contributed by atoms with E-state index < -0.39 is 0 Å². The monoisotopic (exact) mass is 245 g/mol. The van der Waals surface area contributed by atoms with Gasteiger partial charge in [-0.2, -0.15) is 0 Å².